The van der Waals surface area contributed by atoms with E-state index in [1.165, 1.54) is 4.90 Å². The fraction of sp³-hybridized carbons (Fsp3) is 0.846. The van der Waals surface area contributed by atoms with E-state index in [0.717, 1.165) is 0 Å². The van der Waals surface area contributed by atoms with Crippen LogP contribution in [0.15, 0.2) is 0 Å². The maximum Gasteiger partial charge on any atom is 0.414 e. The molecule has 122 valence electrons. The molecule has 1 N–H and O–H groups in total. The minimum atomic E-state index is -4.77. The predicted octanol–water partition coefficient (Wildman–Crippen LogP) is 2.13. The summed E-state index contributed by atoms with van der Waals surface area (Å²) in [7, 11) is 0. The second-order valence-corrected chi connectivity index (χ2v) is 6.13. The van der Waals surface area contributed by atoms with Crippen LogP contribution < -0.4 is 0 Å². The molecule has 1 fully saturated rings. The van der Waals surface area contributed by atoms with E-state index in [-0.39, 0.29) is 25.3 Å². The van der Waals surface area contributed by atoms with E-state index in [2.05, 4.69) is 0 Å². The molecule has 0 bridgehead atoms. The van der Waals surface area contributed by atoms with Crippen molar-refractivity contribution in [1.82, 2.24) is 4.90 Å². The predicted molar refractivity (Wildman–Crippen MR) is 67.6 cm³/mol. The van der Waals surface area contributed by atoms with Crippen molar-refractivity contribution in [2.24, 2.45) is 5.92 Å². The van der Waals surface area contributed by atoms with Crippen LogP contribution in [0.2, 0.25) is 0 Å². The molecule has 1 aliphatic heterocycles. The Morgan fingerprint density at radius 1 is 1.43 bits per heavy atom. The van der Waals surface area contributed by atoms with Gasteiger partial charge in [-0.25, -0.2) is 4.79 Å². The third-order valence-electron chi connectivity index (χ3n) is 3.06. The summed E-state index contributed by atoms with van der Waals surface area (Å²) in [5.41, 5.74) is -0.723. The standard InChI is InChI=1S/C13H20F3NO4/c1-12(2,3)21-11(20)17-5-4-9(18)8(7-17)6-10(19)13(14,15)16/h8,10,19H,4-7H2,1-3H3. The Morgan fingerprint density at radius 3 is 2.48 bits per heavy atom. The topological polar surface area (TPSA) is 66.8 Å². The number of rotatable bonds is 2. The molecular formula is C13H20F3NO4. The second-order valence-electron chi connectivity index (χ2n) is 6.13. The smallest absolute Gasteiger partial charge is 0.414 e. The lowest BCUT2D eigenvalue weighted by Gasteiger charge is -2.34. The molecule has 8 heteroatoms. The van der Waals surface area contributed by atoms with Crippen LogP contribution in [-0.2, 0) is 9.53 Å². The number of Topliss-reactive ketones (excluding diaryl/α,β-unsaturated/α-hetero) is 1. The molecule has 0 aromatic heterocycles. The number of carbonyl (C=O) groups excluding carboxylic acids is 2. The number of ether oxygens (including phenoxy) is 1. The van der Waals surface area contributed by atoms with Gasteiger partial charge in [0.05, 0.1) is 0 Å². The summed E-state index contributed by atoms with van der Waals surface area (Å²) in [4.78, 5) is 24.7. The van der Waals surface area contributed by atoms with Crippen molar-refractivity contribution in [2.45, 2.75) is 51.5 Å². The zero-order valence-electron chi connectivity index (χ0n) is 12.2. The van der Waals surface area contributed by atoms with Crippen molar-refractivity contribution in [2.75, 3.05) is 13.1 Å². The highest BCUT2D eigenvalue weighted by atomic mass is 19.4. The molecule has 2 atom stereocenters. The summed E-state index contributed by atoms with van der Waals surface area (Å²) >= 11 is 0. The molecule has 0 aromatic rings. The summed E-state index contributed by atoms with van der Waals surface area (Å²) < 4.78 is 42.2. The summed E-state index contributed by atoms with van der Waals surface area (Å²) in [6, 6.07) is 0. The maximum absolute atomic E-state index is 12.3. The Bertz CT molecular complexity index is 403. The highest BCUT2D eigenvalue weighted by Crippen LogP contribution is 2.28. The number of piperidine rings is 1. The van der Waals surface area contributed by atoms with Gasteiger partial charge < -0.3 is 14.7 Å². The zero-order valence-corrected chi connectivity index (χ0v) is 12.2. The van der Waals surface area contributed by atoms with Crippen molar-refractivity contribution in [3.63, 3.8) is 0 Å². The Hall–Kier alpha value is -1.31. The first-order valence-corrected chi connectivity index (χ1v) is 6.65. The fourth-order valence-corrected chi connectivity index (χ4v) is 2.01. The number of halogens is 3. The van der Waals surface area contributed by atoms with Crippen molar-refractivity contribution in [1.29, 1.82) is 0 Å². The van der Waals surface area contributed by atoms with Crippen LogP contribution in [-0.4, -0.2) is 52.9 Å². The Morgan fingerprint density at radius 2 is 2.00 bits per heavy atom. The van der Waals surface area contributed by atoms with Crippen LogP contribution in [0.4, 0.5) is 18.0 Å². The zero-order chi connectivity index (χ0) is 16.4. The second kappa shape index (κ2) is 6.21. The van der Waals surface area contributed by atoms with Crippen LogP contribution in [0.3, 0.4) is 0 Å². The van der Waals surface area contributed by atoms with Gasteiger partial charge in [-0.1, -0.05) is 0 Å². The molecule has 1 saturated heterocycles. The minimum Gasteiger partial charge on any atom is -0.444 e. The van der Waals surface area contributed by atoms with E-state index >= 15 is 0 Å². The van der Waals surface area contributed by atoms with E-state index in [1.54, 1.807) is 20.8 Å². The van der Waals surface area contributed by atoms with Gasteiger partial charge in [0.1, 0.15) is 11.4 Å². The molecule has 1 heterocycles. The molecule has 1 amide bonds. The Balaban J connectivity index is 2.66. The SMILES string of the molecule is CC(C)(C)OC(=O)N1CCC(=O)C(CC(O)C(F)(F)F)C1. The average molecular weight is 311 g/mol. The highest BCUT2D eigenvalue weighted by molar-refractivity contribution is 5.84. The molecular weight excluding hydrogens is 291 g/mol. The third-order valence-corrected chi connectivity index (χ3v) is 3.06. The van der Waals surface area contributed by atoms with Crippen molar-refractivity contribution < 1.29 is 32.6 Å². The van der Waals surface area contributed by atoms with Crippen LogP contribution in [0.1, 0.15) is 33.6 Å². The van der Waals surface area contributed by atoms with E-state index in [0.29, 0.717) is 0 Å². The van der Waals surface area contributed by atoms with E-state index in [1.807, 2.05) is 0 Å². The largest absolute Gasteiger partial charge is 0.444 e. The monoisotopic (exact) mass is 311 g/mol. The summed E-state index contributed by atoms with van der Waals surface area (Å²) in [5.74, 6) is -1.40. The first-order chi connectivity index (χ1) is 9.40. The lowest BCUT2D eigenvalue weighted by Crippen LogP contribution is -2.47. The van der Waals surface area contributed by atoms with Gasteiger partial charge in [0.25, 0.3) is 0 Å². The summed E-state index contributed by atoms with van der Waals surface area (Å²) in [5, 5.41) is 9.06. The molecule has 0 aliphatic carbocycles. The Kier molecular flexibility index (Phi) is 5.25. The molecule has 0 radical (unpaired) electrons. The average Bonchev–Trinajstić information content (AvgIpc) is 2.28. The summed E-state index contributed by atoms with van der Waals surface area (Å²) in [6.45, 7) is 4.97. The maximum atomic E-state index is 12.3. The number of aliphatic hydroxyl groups is 1. The number of carbonyl (C=O) groups is 2. The lowest BCUT2D eigenvalue weighted by molar-refractivity contribution is -0.208. The van der Waals surface area contributed by atoms with Crippen LogP contribution in [0.5, 0.6) is 0 Å². The summed E-state index contributed by atoms with van der Waals surface area (Å²) in [6.07, 6.45) is -8.77. The first kappa shape index (κ1) is 17.7. The number of nitrogens with zero attached hydrogens (tertiary/aromatic N) is 1. The van der Waals surface area contributed by atoms with Gasteiger partial charge in [0.2, 0.25) is 0 Å². The Labute approximate surface area is 121 Å². The first-order valence-electron chi connectivity index (χ1n) is 6.65. The quantitative estimate of drug-likeness (QED) is 0.848. The van der Waals surface area contributed by atoms with Gasteiger partial charge in [-0.2, -0.15) is 13.2 Å². The molecule has 0 aromatic carbocycles. The van der Waals surface area contributed by atoms with Crippen LogP contribution >= 0.6 is 0 Å². The van der Waals surface area contributed by atoms with Gasteiger partial charge in [-0.3, -0.25) is 4.79 Å². The molecule has 5 nitrogen and oxygen atoms in total. The van der Waals surface area contributed by atoms with Crippen LogP contribution in [0, 0.1) is 5.92 Å². The van der Waals surface area contributed by atoms with E-state index < -0.39 is 36.3 Å². The highest BCUT2D eigenvalue weighted by Gasteiger charge is 2.42. The van der Waals surface area contributed by atoms with Gasteiger partial charge in [0.15, 0.2) is 6.10 Å². The number of hydrogen-bond acceptors (Lipinski definition) is 4. The normalized spacial score (nSPS) is 22.1. The van der Waals surface area contributed by atoms with Crippen molar-refractivity contribution in [3.05, 3.63) is 0 Å². The molecule has 1 aliphatic rings. The fourth-order valence-electron chi connectivity index (χ4n) is 2.01. The minimum absolute atomic E-state index is 0.0332. The molecule has 2 unspecified atom stereocenters. The number of amides is 1. The third kappa shape index (κ3) is 5.53. The van der Waals surface area contributed by atoms with Gasteiger partial charge in [0, 0.05) is 25.4 Å². The molecule has 21 heavy (non-hydrogen) atoms. The van der Waals surface area contributed by atoms with Gasteiger partial charge in [-0.05, 0) is 27.2 Å². The number of alkyl halides is 3. The number of hydrogen-bond donors (Lipinski definition) is 1. The van der Waals surface area contributed by atoms with Crippen molar-refractivity contribution >= 4 is 11.9 Å². The molecule has 0 spiro atoms. The molecule has 1 rings (SSSR count). The number of aliphatic hydroxyl groups excluding tert-OH is 1. The van der Waals surface area contributed by atoms with Crippen molar-refractivity contribution in [3.8, 4) is 0 Å². The van der Waals surface area contributed by atoms with E-state index in [4.69, 9.17) is 9.84 Å². The van der Waals surface area contributed by atoms with Crippen LogP contribution in [0.25, 0.3) is 0 Å². The lowest BCUT2D eigenvalue weighted by atomic mass is 9.91. The molecule has 0 saturated carbocycles. The number of ketones is 1. The van der Waals surface area contributed by atoms with Gasteiger partial charge >= 0.3 is 12.3 Å². The van der Waals surface area contributed by atoms with E-state index in [9.17, 15) is 22.8 Å². The number of likely N-dealkylation sites (tertiary alicyclic amines) is 1. The van der Waals surface area contributed by atoms with Gasteiger partial charge in [-0.15, -0.1) is 0 Å².